The number of hydrogen-bond acceptors (Lipinski definition) is 1. The second-order valence-electron chi connectivity index (χ2n) is 4.99. The number of carbonyl (C=O) groups excluding carboxylic acids is 1. The topological polar surface area (TPSA) is 17.1 Å². The third kappa shape index (κ3) is 4.51. The van der Waals surface area contributed by atoms with Gasteiger partial charge >= 0.3 is 0 Å². The Kier molecular flexibility index (Phi) is 7.12. The fourth-order valence-electron chi connectivity index (χ4n) is 2.28. The predicted octanol–water partition coefficient (Wildman–Crippen LogP) is 5.42. The Hall–Kier alpha value is -1.06. The Balaban J connectivity index is 0.00000208. The van der Waals surface area contributed by atoms with Crippen LogP contribution in [0.1, 0.15) is 10.4 Å². The van der Waals surface area contributed by atoms with Gasteiger partial charge in [-0.05, 0) is 37.1 Å². The SMILES string of the molecule is O=C(Pc1ccc(-c2ccccc2)cc1)c1c(Cl)cccc1Cl.[Li]. The Labute approximate surface area is 165 Å². The first-order chi connectivity index (χ1) is 11.1. The smallest absolute Gasteiger partial charge is 0.188 e. The van der Waals surface area contributed by atoms with Crippen molar-refractivity contribution in [3.8, 4) is 11.1 Å². The quantitative estimate of drug-likeness (QED) is 0.445. The normalized spacial score (nSPS) is 10.6. The third-order valence-corrected chi connectivity index (χ3v) is 5.17. The van der Waals surface area contributed by atoms with Gasteiger partial charge in [-0.15, -0.1) is 0 Å². The minimum absolute atomic E-state index is 0. The van der Waals surface area contributed by atoms with Gasteiger partial charge in [0, 0.05) is 18.9 Å². The van der Waals surface area contributed by atoms with Gasteiger partial charge in [-0.25, -0.2) is 0 Å². The summed E-state index contributed by atoms with van der Waals surface area (Å²) in [6.45, 7) is 0. The number of halogens is 2. The molecule has 0 saturated heterocycles. The zero-order valence-electron chi connectivity index (χ0n) is 13.1. The summed E-state index contributed by atoms with van der Waals surface area (Å²) in [4.78, 5) is 12.5. The zero-order valence-corrected chi connectivity index (χ0v) is 15.6. The Morgan fingerprint density at radius 2 is 1.25 bits per heavy atom. The summed E-state index contributed by atoms with van der Waals surface area (Å²) in [6, 6.07) is 23.2. The summed E-state index contributed by atoms with van der Waals surface area (Å²) in [5.41, 5.74) is 2.64. The fraction of sp³-hybridized carbons (Fsp3) is 0. The largest absolute Gasteiger partial charge is 0.289 e. The van der Waals surface area contributed by atoms with Crippen molar-refractivity contribution in [3.63, 3.8) is 0 Å². The molecule has 0 amide bonds. The van der Waals surface area contributed by atoms with Crippen molar-refractivity contribution in [2.24, 2.45) is 0 Å². The van der Waals surface area contributed by atoms with Gasteiger partial charge in [-0.1, -0.05) is 83.9 Å². The molecule has 115 valence electrons. The molecule has 0 heterocycles. The van der Waals surface area contributed by atoms with Crippen LogP contribution in [-0.2, 0) is 0 Å². The van der Waals surface area contributed by atoms with Gasteiger partial charge in [-0.2, -0.15) is 0 Å². The van der Waals surface area contributed by atoms with Crippen molar-refractivity contribution >= 4 is 61.5 Å². The summed E-state index contributed by atoms with van der Waals surface area (Å²) >= 11 is 12.2. The molecule has 3 aromatic carbocycles. The predicted molar refractivity (Wildman–Crippen MR) is 106 cm³/mol. The van der Waals surface area contributed by atoms with Crippen molar-refractivity contribution < 1.29 is 4.79 Å². The van der Waals surface area contributed by atoms with E-state index in [1.807, 2.05) is 42.5 Å². The number of carbonyl (C=O) groups is 1. The molecule has 1 radical (unpaired) electrons. The molecule has 3 rings (SSSR count). The Morgan fingerprint density at radius 1 is 0.708 bits per heavy atom. The van der Waals surface area contributed by atoms with E-state index in [-0.39, 0.29) is 33.0 Å². The molecule has 5 heteroatoms. The average Bonchev–Trinajstić information content (AvgIpc) is 2.56. The summed E-state index contributed by atoms with van der Waals surface area (Å²) in [5, 5.41) is 1.76. The van der Waals surface area contributed by atoms with E-state index >= 15 is 0 Å². The molecule has 0 bridgehead atoms. The molecule has 0 N–H and O–H groups in total. The van der Waals surface area contributed by atoms with Crippen LogP contribution in [-0.4, -0.2) is 24.4 Å². The van der Waals surface area contributed by atoms with E-state index in [0.717, 1.165) is 16.4 Å². The van der Waals surface area contributed by atoms with Crippen LogP contribution in [0.2, 0.25) is 10.0 Å². The van der Waals surface area contributed by atoms with E-state index in [1.54, 1.807) is 18.2 Å². The summed E-state index contributed by atoms with van der Waals surface area (Å²) in [5.74, 6) is 0. The molecule has 0 aromatic heterocycles. The number of rotatable bonds is 4. The van der Waals surface area contributed by atoms with Crippen LogP contribution in [0.5, 0.6) is 0 Å². The fourth-order valence-corrected chi connectivity index (χ4v) is 4.00. The molecule has 1 atom stereocenters. The second-order valence-corrected chi connectivity index (χ2v) is 7.09. The molecule has 0 aliphatic heterocycles. The van der Waals surface area contributed by atoms with Crippen LogP contribution in [0.4, 0.5) is 0 Å². The van der Waals surface area contributed by atoms with E-state index in [0.29, 0.717) is 15.6 Å². The maximum Gasteiger partial charge on any atom is 0.188 e. The van der Waals surface area contributed by atoms with E-state index in [4.69, 9.17) is 23.2 Å². The van der Waals surface area contributed by atoms with E-state index < -0.39 is 0 Å². The van der Waals surface area contributed by atoms with Gasteiger partial charge in [0.1, 0.15) is 0 Å². The minimum Gasteiger partial charge on any atom is -0.289 e. The van der Waals surface area contributed by atoms with Crippen molar-refractivity contribution in [2.45, 2.75) is 0 Å². The maximum atomic E-state index is 12.5. The van der Waals surface area contributed by atoms with Gasteiger partial charge in [0.2, 0.25) is 0 Å². The summed E-state index contributed by atoms with van der Waals surface area (Å²) in [7, 11) is -0.00529. The van der Waals surface area contributed by atoms with Crippen molar-refractivity contribution in [1.29, 1.82) is 0 Å². The van der Waals surface area contributed by atoms with Gasteiger partial charge in [0.15, 0.2) is 5.52 Å². The van der Waals surface area contributed by atoms with Gasteiger partial charge in [0.25, 0.3) is 0 Å². The first-order valence-corrected chi connectivity index (χ1v) is 8.81. The average molecular weight is 366 g/mol. The molecular formula is C19H13Cl2LiOP. The summed E-state index contributed by atoms with van der Waals surface area (Å²) in [6.07, 6.45) is 0. The first-order valence-electron chi connectivity index (χ1n) is 7.06. The molecule has 1 nitrogen and oxygen atoms in total. The van der Waals surface area contributed by atoms with Crippen LogP contribution in [0.3, 0.4) is 0 Å². The van der Waals surface area contributed by atoms with Crippen molar-refractivity contribution in [3.05, 3.63) is 88.4 Å². The molecule has 24 heavy (non-hydrogen) atoms. The number of benzene rings is 3. The Morgan fingerprint density at radius 3 is 1.83 bits per heavy atom. The molecule has 0 aliphatic rings. The number of hydrogen-bond donors (Lipinski definition) is 0. The van der Waals surface area contributed by atoms with Crippen LogP contribution in [0.25, 0.3) is 11.1 Å². The first kappa shape index (κ1) is 19.3. The molecule has 0 aliphatic carbocycles. The van der Waals surface area contributed by atoms with E-state index in [9.17, 15) is 4.79 Å². The Bertz CT molecular complexity index is 815. The van der Waals surface area contributed by atoms with Crippen LogP contribution < -0.4 is 5.30 Å². The molecular weight excluding hydrogens is 353 g/mol. The molecule has 0 saturated carbocycles. The molecule has 0 spiro atoms. The van der Waals surface area contributed by atoms with Crippen LogP contribution >= 0.6 is 31.8 Å². The van der Waals surface area contributed by atoms with Gasteiger partial charge < -0.3 is 0 Å². The maximum absolute atomic E-state index is 12.5. The third-order valence-electron chi connectivity index (χ3n) is 3.44. The monoisotopic (exact) mass is 365 g/mol. The van der Waals surface area contributed by atoms with Gasteiger partial charge in [0.05, 0.1) is 15.6 Å². The van der Waals surface area contributed by atoms with Crippen LogP contribution in [0, 0.1) is 0 Å². The standard InChI is InChI=1S/C19H13Cl2OP.Li/c20-16-7-4-8-17(21)18(16)19(22)23-15-11-9-14(10-12-15)13-5-2-1-3-6-13;/h1-12,23H;. The van der Waals surface area contributed by atoms with Crippen molar-refractivity contribution in [2.75, 3.05) is 0 Å². The van der Waals surface area contributed by atoms with E-state index in [2.05, 4.69) is 12.1 Å². The minimum atomic E-state index is -0.0481. The van der Waals surface area contributed by atoms with Crippen molar-refractivity contribution in [1.82, 2.24) is 0 Å². The zero-order chi connectivity index (χ0) is 16.2. The summed E-state index contributed by atoms with van der Waals surface area (Å²) < 4.78 is 0. The molecule has 0 fully saturated rings. The second kappa shape index (κ2) is 8.86. The molecule has 1 unspecified atom stereocenters. The van der Waals surface area contributed by atoms with E-state index in [1.165, 1.54) is 0 Å². The molecule has 3 aromatic rings. The van der Waals surface area contributed by atoms with Gasteiger partial charge in [-0.3, -0.25) is 4.79 Å². The van der Waals surface area contributed by atoms with Crippen LogP contribution in [0.15, 0.2) is 72.8 Å².